The Morgan fingerprint density at radius 3 is 2.89 bits per heavy atom. The fraction of sp³-hybridized carbons (Fsp3) is 0.615. The van der Waals surface area contributed by atoms with Gasteiger partial charge in [0, 0.05) is 31.1 Å². The molecule has 1 aliphatic rings. The Balaban J connectivity index is 1.77. The van der Waals surface area contributed by atoms with Crippen molar-refractivity contribution in [2.45, 2.75) is 19.1 Å². The molecule has 0 radical (unpaired) electrons. The van der Waals surface area contributed by atoms with Gasteiger partial charge in [-0.2, -0.15) is 23.1 Å². The van der Waals surface area contributed by atoms with Crippen molar-refractivity contribution in [3.05, 3.63) is 22.4 Å². The molecule has 1 saturated heterocycles. The maximum absolute atomic E-state index is 12.0. The average Bonchev–Trinajstić information content (AvgIpc) is 2.98. The van der Waals surface area contributed by atoms with Crippen LogP contribution in [0.3, 0.4) is 0 Å². The average molecular weight is 300 g/mol. The van der Waals surface area contributed by atoms with Gasteiger partial charge in [-0.25, -0.2) is 0 Å². The second-order valence-electron chi connectivity index (χ2n) is 4.64. The monoisotopic (exact) mass is 300 g/mol. The van der Waals surface area contributed by atoms with E-state index in [1.165, 1.54) is 0 Å². The van der Waals surface area contributed by atoms with E-state index < -0.39 is 6.10 Å². The maximum atomic E-state index is 12.0. The highest BCUT2D eigenvalue weighted by Crippen LogP contribution is 2.15. The minimum Gasteiger partial charge on any atom is -0.387 e. The Bertz CT molecular complexity index is 391. The molecule has 106 valence electrons. The predicted molar refractivity (Wildman–Crippen MR) is 80.6 cm³/mol. The third kappa shape index (κ3) is 4.21. The zero-order chi connectivity index (χ0) is 13.7. The van der Waals surface area contributed by atoms with Crippen molar-refractivity contribution >= 4 is 29.0 Å². The van der Waals surface area contributed by atoms with Crippen LogP contribution >= 0.6 is 23.1 Å². The number of nitrogens with one attached hydrogen (secondary N) is 1. The molecule has 1 amide bonds. The van der Waals surface area contributed by atoms with Crippen LogP contribution in [-0.4, -0.2) is 53.1 Å². The van der Waals surface area contributed by atoms with Gasteiger partial charge < -0.3 is 10.4 Å². The summed E-state index contributed by atoms with van der Waals surface area (Å²) in [5, 5.41) is 16.6. The molecule has 2 heterocycles. The fourth-order valence-electron chi connectivity index (χ4n) is 2.06. The Morgan fingerprint density at radius 1 is 1.53 bits per heavy atom. The number of hydrogen-bond donors (Lipinski definition) is 2. The largest absolute Gasteiger partial charge is 0.387 e. The van der Waals surface area contributed by atoms with E-state index in [0.29, 0.717) is 0 Å². The molecule has 0 aromatic carbocycles. The first-order chi connectivity index (χ1) is 9.18. The van der Waals surface area contributed by atoms with Crippen molar-refractivity contribution in [1.82, 2.24) is 10.2 Å². The quantitative estimate of drug-likeness (QED) is 0.861. The molecule has 2 unspecified atom stereocenters. The molecule has 2 rings (SSSR count). The molecule has 1 aromatic rings. The van der Waals surface area contributed by atoms with Crippen LogP contribution in [0.15, 0.2) is 16.8 Å². The van der Waals surface area contributed by atoms with Crippen LogP contribution in [0.5, 0.6) is 0 Å². The number of nitrogens with zero attached hydrogens (tertiary/aromatic N) is 1. The summed E-state index contributed by atoms with van der Waals surface area (Å²) in [6.07, 6.45) is -0.612. The van der Waals surface area contributed by atoms with Crippen molar-refractivity contribution in [3.8, 4) is 0 Å². The number of amides is 1. The molecule has 0 spiro atoms. The molecule has 1 fully saturated rings. The van der Waals surface area contributed by atoms with Gasteiger partial charge in [0.05, 0.1) is 12.1 Å². The van der Waals surface area contributed by atoms with Crippen LogP contribution in [0.2, 0.25) is 0 Å². The molecule has 19 heavy (non-hydrogen) atoms. The van der Waals surface area contributed by atoms with Crippen molar-refractivity contribution in [2.75, 3.05) is 31.1 Å². The Morgan fingerprint density at radius 2 is 2.26 bits per heavy atom. The standard InChI is InChI=1S/C13H20N2O2S2/c1-10(15-3-6-18-7-4-15)13(17)14-8-12(16)11-2-5-19-9-11/h2,5,9-10,12,16H,3-4,6-8H2,1H3,(H,14,17). The van der Waals surface area contributed by atoms with E-state index in [0.717, 1.165) is 30.2 Å². The van der Waals surface area contributed by atoms with Crippen molar-refractivity contribution in [1.29, 1.82) is 0 Å². The number of thiophene rings is 1. The normalized spacial score (nSPS) is 19.9. The molecule has 0 bridgehead atoms. The first kappa shape index (κ1) is 14.8. The predicted octanol–water partition coefficient (Wildman–Crippen LogP) is 1.33. The third-order valence-corrected chi connectivity index (χ3v) is 5.01. The van der Waals surface area contributed by atoms with E-state index >= 15 is 0 Å². The van der Waals surface area contributed by atoms with Gasteiger partial charge in [0.2, 0.25) is 5.91 Å². The van der Waals surface area contributed by atoms with E-state index in [4.69, 9.17) is 0 Å². The number of carbonyl (C=O) groups excluding carboxylic acids is 1. The topological polar surface area (TPSA) is 52.6 Å². The highest BCUT2D eigenvalue weighted by molar-refractivity contribution is 7.99. The van der Waals surface area contributed by atoms with Crippen LogP contribution in [-0.2, 0) is 4.79 Å². The molecular weight excluding hydrogens is 280 g/mol. The second-order valence-corrected chi connectivity index (χ2v) is 6.65. The van der Waals surface area contributed by atoms with Gasteiger partial charge in [-0.15, -0.1) is 0 Å². The van der Waals surface area contributed by atoms with E-state index in [2.05, 4.69) is 10.2 Å². The SMILES string of the molecule is CC(C(=O)NCC(O)c1ccsc1)N1CCSCC1. The first-order valence-corrected chi connectivity index (χ1v) is 8.58. The molecule has 0 saturated carbocycles. The lowest BCUT2D eigenvalue weighted by molar-refractivity contribution is -0.126. The van der Waals surface area contributed by atoms with Crippen molar-refractivity contribution in [3.63, 3.8) is 0 Å². The summed E-state index contributed by atoms with van der Waals surface area (Å²) >= 11 is 3.48. The molecule has 2 atom stereocenters. The van der Waals surface area contributed by atoms with Crippen LogP contribution < -0.4 is 5.32 Å². The molecule has 1 aliphatic heterocycles. The number of hydrogen-bond acceptors (Lipinski definition) is 5. The minimum absolute atomic E-state index is 0.00109. The van der Waals surface area contributed by atoms with Gasteiger partial charge in [0.15, 0.2) is 0 Å². The third-order valence-electron chi connectivity index (χ3n) is 3.37. The number of aliphatic hydroxyl groups excluding tert-OH is 1. The van der Waals surface area contributed by atoms with Crippen molar-refractivity contribution in [2.24, 2.45) is 0 Å². The van der Waals surface area contributed by atoms with Crippen LogP contribution in [0.1, 0.15) is 18.6 Å². The van der Waals surface area contributed by atoms with Gasteiger partial charge in [0.25, 0.3) is 0 Å². The number of aliphatic hydroxyl groups is 1. The molecule has 0 aliphatic carbocycles. The Labute approximate surface area is 122 Å². The summed E-state index contributed by atoms with van der Waals surface area (Å²) in [6, 6.07) is 1.77. The zero-order valence-corrected chi connectivity index (χ0v) is 12.7. The highest BCUT2D eigenvalue weighted by Gasteiger charge is 2.23. The number of carbonyl (C=O) groups is 1. The molecule has 1 aromatic heterocycles. The molecule has 4 nitrogen and oxygen atoms in total. The summed E-state index contributed by atoms with van der Waals surface area (Å²) in [7, 11) is 0. The fourth-order valence-corrected chi connectivity index (χ4v) is 3.70. The molecule has 2 N–H and O–H groups in total. The molecule has 6 heteroatoms. The smallest absolute Gasteiger partial charge is 0.237 e. The Kier molecular flexibility index (Phi) is 5.69. The summed E-state index contributed by atoms with van der Waals surface area (Å²) in [6.45, 7) is 4.14. The Hall–Kier alpha value is -0.560. The van der Waals surface area contributed by atoms with E-state index in [9.17, 15) is 9.90 Å². The van der Waals surface area contributed by atoms with E-state index in [1.54, 1.807) is 11.3 Å². The second kappa shape index (κ2) is 7.28. The maximum Gasteiger partial charge on any atom is 0.237 e. The van der Waals surface area contributed by atoms with Crippen LogP contribution in [0.25, 0.3) is 0 Å². The summed E-state index contributed by atoms with van der Waals surface area (Å²) < 4.78 is 0. The zero-order valence-electron chi connectivity index (χ0n) is 11.0. The first-order valence-electron chi connectivity index (χ1n) is 6.48. The number of thioether (sulfide) groups is 1. The molecular formula is C13H20N2O2S2. The highest BCUT2D eigenvalue weighted by atomic mass is 32.2. The van der Waals surface area contributed by atoms with E-state index in [-0.39, 0.29) is 18.5 Å². The van der Waals surface area contributed by atoms with Gasteiger partial charge in [-0.3, -0.25) is 9.69 Å². The lowest BCUT2D eigenvalue weighted by Crippen LogP contribution is -2.48. The van der Waals surface area contributed by atoms with E-state index in [1.807, 2.05) is 35.5 Å². The van der Waals surface area contributed by atoms with Gasteiger partial charge >= 0.3 is 0 Å². The summed E-state index contributed by atoms with van der Waals surface area (Å²) in [4.78, 5) is 14.2. The summed E-state index contributed by atoms with van der Waals surface area (Å²) in [5.74, 6) is 2.19. The lowest BCUT2D eigenvalue weighted by atomic mass is 10.2. The van der Waals surface area contributed by atoms with Gasteiger partial charge in [0.1, 0.15) is 0 Å². The minimum atomic E-state index is -0.612. The van der Waals surface area contributed by atoms with Crippen molar-refractivity contribution < 1.29 is 9.90 Å². The number of rotatable bonds is 5. The lowest BCUT2D eigenvalue weighted by Gasteiger charge is -2.31. The van der Waals surface area contributed by atoms with Crippen LogP contribution in [0.4, 0.5) is 0 Å². The summed E-state index contributed by atoms with van der Waals surface area (Å²) in [5.41, 5.74) is 0.868. The van der Waals surface area contributed by atoms with Crippen LogP contribution in [0, 0.1) is 0 Å². The van der Waals surface area contributed by atoms with Gasteiger partial charge in [-0.05, 0) is 29.3 Å². The van der Waals surface area contributed by atoms with Gasteiger partial charge in [-0.1, -0.05) is 0 Å².